The Morgan fingerprint density at radius 2 is 2.21 bits per heavy atom. The van der Waals surface area contributed by atoms with E-state index in [1.165, 1.54) is 6.08 Å². The van der Waals surface area contributed by atoms with E-state index in [4.69, 9.17) is 9.84 Å². The molecule has 14 heavy (non-hydrogen) atoms. The van der Waals surface area contributed by atoms with Crippen LogP contribution in [0.15, 0.2) is 11.6 Å². The normalized spacial score (nSPS) is 41.1. The van der Waals surface area contributed by atoms with Crippen molar-refractivity contribution >= 4 is 6.09 Å². The lowest BCUT2D eigenvalue weighted by molar-refractivity contribution is -0.0483. The number of alkyl carbamates (subject to hydrolysis) is 1. The first-order chi connectivity index (χ1) is 6.63. The molecule has 0 saturated carbocycles. The van der Waals surface area contributed by atoms with Crippen LogP contribution in [0.2, 0.25) is 0 Å². The zero-order valence-electron chi connectivity index (χ0n) is 7.25. The van der Waals surface area contributed by atoms with Gasteiger partial charge in [0.1, 0.15) is 12.2 Å². The predicted molar refractivity (Wildman–Crippen MR) is 44.4 cm³/mol. The largest absolute Gasteiger partial charge is 0.441 e. The van der Waals surface area contributed by atoms with Gasteiger partial charge in [-0.1, -0.05) is 6.08 Å². The van der Waals surface area contributed by atoms with Gasteiger partial charge in [0.2, 0.25) is 0 Å². The van der Waals surface area contributed by atoms with Crippen molar-refractivity contribution in [3.05, 3.63) is 11.6 Å². The fourth-order valence-corrected chi connectivity index (χ4v) is 1.74. The Morgan fingerprint density at radius 1 is 1.50 bits per heavy atom. The van der Waals surface area contributed by atoms with Crippen molar-refractivity contribution in [3.8, 4) is 0 Å². The van der Waals surface area contributed by atoms with Gasteiger partial charge in [-0.25, -0.2) is 4.79 Å². The van der Waals surface area contributed by atoms with E-state index in [-0.39, 0.29) is 6.61 Å². The molecule has 1 aliphatic carbocycles. The van der Waals surface area contributed by atoms with Crippen molar-refractivity contribution in [2.45, 2.75) is 24.4 Å². The third-order valence-corrected chi connectivity index (χ3v) is 2.50. The van der Waals surface area contributed by atoms with Gasteiger partial charge >= 0.3 is 6.09 Å². The number of aliphatic hydroxyl groups excluding tert-OH is 3. The molecular formula is C8H11NO5. The van der Waals surface area contributed by atoms with Gasteiger partial charge in [0.15, 0.2) is 6.10 Å². The summed E-state index contributed by atoms with van der Waals surface area (Å²) in [7, 11) is 0. The molecule has 4 N–H and O–H groups in total. The first kappa shape index (κ1) is 9.45. The Morgan fingerprint density at radius 3 is 2.86 bits per heavy atom. The van der Waals surface area contributed by atoms with Crippen LogP contribution in [-0.2, 0) is 4.74 Å². The van der Waals surface area contributed by atoms with Crippen molar-refractivity contribution in [2.24, 2.45) is 0 Å². The maximum atomic E-state index is 10.8. The van der Waals surface area contributed by atoms with Crippen LogP contribution < -0.4 is 5.32 Å². The van der Waals surface area contributed by atoms with Gasteiger partial charge < -0.3 is 25.4 Å². The van der Waals surface area contributed by atoms with Crippen molar-refractivity contribution in [2.75, 3.05) is 6.61 Å². The van der Waals surface area contributed by atoms with Crippen LogP contribution in [0.5, 0.6) is 0 Å². The second-order valence-electron chi connectivity index (χ2n) is 3.38. The summed E-state index contributed by atoms with van der Waals surface area (Å²) >= 11 is 0. The molecule has 78 valence electrons. The first-order valence-corrected chi connectivity index (χ1v) is 4.28. The molecule has 1 heterocycles. The zero-order valence-corrected chi connectivity index (χ0v) is 7.25. The number of fused-ring (bicyclic) bond motifs is 1. The molecule has 3 unspecified atom stereocenters. The van der Waals surface area contributed by atoms with E-state index >= 15 is 0 Å². The quantitative estimate of drug-likeness (QED) is 0.372. The SMILES string of the molecule is O=C1N[C@H]2C=C(CO)C(O)C(O)C2O1. The minimum absolute atomic E-state index is 0.296. The van der Waals surface area contributed by atoms with Crippen LogP contribution in [0.25, 0.3) is 0 Å². The third kappa shape index (κ3) is 1.28. The molecule has 1 aliphatic heterocycles. The van der Waals surface area contributed by atoms with Gasteiger partial charge in [-0.15, -0.1) is 0 Å². The van der Waals surface area contributed by atoms with E-state index in [9.17, 15) is 15.0 Å². The van der Waals surface area contributed by atoms with Crippen molar-refractivity contribution in [1.82, 2.24) is 5.32 Å². The summed E-state index contributed by atoms with van der Waals surface area (Å²) in [6, 6.07) is -0.469. The lowest BCUT2D eigenvalue weighted by Crippen LogP contribution is -2.49. The summed E-state index contributed by atoms with van der Waals surface area (Å²) < 4.78 is 4.75. The van der Waals surface area contributed by atoms with Gasteiger partial charge in [-0.05, 0) is 5.57 Å². The molecule has 0 bridgehead atoms. The van der Waals surface area contributed by atoms with Gasteiger partial charge in [0.25, 0.3) is 0 Å². The fourth-order valence-electron chi connectivity index (χ4n) is 1.74. The van der Waals surface area contributed by atoms with Crippen LogP contribution in [0.1, 0.15) is 0 Å². The molecule has 0 aromatic heterocycles. The fraction of sp³-hybridized carbons (Fsp3) is 0.625. The Balaban J connectivity index is 2.26. The maximum absolute atomic E-state index is 10.8. The van der Waals surface area contributed by atoms with Crippen LogP contribution >= 0.6 is 0 Å². The van der Waals surface area contributed by atoms with Crippen LogP contribution in [0.3, 0.4) is 0 Å². The highest BCUT2D eigenvalue weighted by molar-refractivity contribution is 5.71. The molecule has 0 aromatic carbocycles. The summed E-state index contributed by atoms with van der Waals surface area (Å²) in [5.41, 5.74) is 0.296. The number of rotatable bonds is 1. The monoisotopic (exact) mass is 201 g/mol. The van der Waals surface area contributed by atoms with Crippen LogP contribution in [0.4, 0.5) is 4.79 Å². The first-order valence-electron chi connectivity index (χ1n) is 4.28. The minimum atomic E-state index is -1.19. The number of hydrogen-bond acceptors (Lipinski definition) is 5. The molecule has 1 saturated heterocycles. The number of aliphatic hydroxyl groups is 3. The van der Waals surface area contributed by atoms with Gasteiger partial charge in [0.05, 0.1) is 12.6 Å². The number of carbonyl (C=O) groups excluding carboxylic acids is 1. The predicted octanol–water partition coefficient (Wildman–Crippen LogP) is -1.88. The molecule has 1 fully saturated rings. The molecule has 6 heteroatoms. The van der Waals surface area contributed by atoms with E-state index in [2.05, 4.69) is 5.32 Å². The summed E-state index contributed by atoms with van der Waals surface area (Å²) in [5.74, 6) is 0. The average Bonchev–Trinajstić information content (AvgIpc) is 2.52. The van der Waals surface area contributed by atoms with Gasteiger partial charge in [-0.2, -0.15) is 0 Å². The minimum Gasteiger partial charge on any atom is -0.441 e. The topological polar surface area (TPSA) is 99.0 Å². The zero-order chi connectivity index (χ0) is 10.3. The average molecular weight is 201 g/mol. The highest BCUT2D eigenvalue weighted by Crippen LogP contribution is 2.25. The number of ether oxygens (including phenoxy) is 1. The highest BCUT2D eigenvalue weighted by Gasteiger charge is 2.45. The third-order valence-electron chi connectivity index (χ3n) is 2.50. The molecule has 0 aromatic rings. The number of amides is 1. The molecule has 1 amide bonds. The number of nitrogens with one attached hydrogen (secondary N) is 1. The lowest BCUT2D eigenvalue weighted by atomic mass is 9.89. The maximum Gasteiger partial charge on any atom is 0.408 e. The molecule has 2 aliphatic rings. The van der Waals surface area contributed by atoms with Gasteiger partial charge in [0, 0.05) is 0 Å². The summed E-state index contributed by atoms with van der Waals surface area (Å²) in [6.45, 7) is -0.350. The van der Waals surface area contributed by atoms with Crippen molar-refractivity contribution in [1.29, 1.82) is 0 Å². The Labute approximate surface area is 79.8 Å². The lowest BCUT2D eigenvalue weighted by Gasteiger charge is -2.30. The van der Waals surface area contributed by atoms with Crippen LogP contribution in [0, 0.1) is 0 Å². The smallest absolute Gasteiger partial charge is 0.408 e. The molecular weight excluding hydrogens is 190 g/mol. The van der Waals surface area contributed by atoms with E-state index in [0.717, 1.165) is 0 Å². The molecule has 2 rings (SSSR count). The second kappa shape index (κ2) is 3.23. The van der Waals surface area contributed by atoms with Crippen LogP contribution in [-0.4, -0.2) is 52.4 Å². The van der Waals surface area contributed by atoms with Crippen molar-refractivity contribution < 1.29 is 24.9 Å². The van der Waals surface area contributed by atoms with Crippen molar-refractivity contribution in [3.63, 3.8) is 0 Å². The Bertz CT molecular complexity index is 289. The van der Waals surface area contributed by atoms with E-state index in [0.29, 0.717) is 5.57 Å². The summed E-state index contributed by atoms with van der Waals surface area (Å²) in [6.07, 6.45) is -2.25. The standard InChI is InChI=1S/C8H11NO5/c10-2-3-1-4-7(6(12)5(3)11)14-8(13)9-4/h1,4-7,10-12H,2H2,(H,9,13)/t4-,5?,6?,7?/m0/s1. The van der Waals surface area contributed by atoms with E-state index in [1.54, 1.807) is 0 Å². The second-order valence-corrected chi connectivity index (χ2v) is 3.38. The molecule has 4 atom stereocenters. The number of hydrogen-bond donors (Lipinski definition) is 4. The Hall–Kier alpha value is -1.11. The van der Waals surface area contributed by atoms with Gasteiger partial charge in [-0.3, -0.25) is 0 Å². The summed E-state index contributed by atoms with van der Waals surface area (Å²) in [4.78, 5) is 10.8. The molecule has 0 radical (unpaired) electrons. The molecule has 0 spiro atoms. The molecule has 6 nitrogen and oxygen atoms in total. The Kier molecular flexibility index (Phi) is 2.18. The summed E-state index contributed by atoms with van der Waals surface area (Å²) in [5, 5.41) is 30.3. The highest BCUT2D eigenvalue weighted by atomic mass is 16.6. The van der Waals surface area contributed by atoms with E-state index in [1.807, 2.05) is 0 Å². The number of carbonyl (C=O) groups is 1. The van der Waals surface area contributed by atoms with E-state index < -0.39 is 30.4 Å².